The van der Waals surface area contributed by atoms with E-state index in [1.165, 1.54) is 6.07 Å². The third-order valence-electron chi connectivity index (χ3n) is 11.9. The highest BCUT2D eigenvalue weighted by atomic mass is 16.3. The molecule has 14 rings (SSSR count). The zero-order valence-corrected chi connectivity index (χ0v) is 30.3. The molecule has 2 heterocycles. The first-order valence-corrected chi connectivity index (χ1v) is 19.1. The summed E-state index contributed by atoms with van der Waals surface area (Å²) in [5.41, 5.74) is 0.396. The van der Waals surface area contributed by atoms with E-state index in [-0.39, 0.29) is 121 Å². The van der Waals surface area contributed by atoms with Crippen LogP contribution in [0.4, 0.5) is 0 Å². The largest absolute Gasteiger partial charge is 0.456 e. The number of fused-ring (bicyclic) bond motifs is 6. The Morgan fingerprint density at radius 2 is 0.638 bits per heavy atom. The summed E-state index contributed by atoms with van der Waals surface area (Å²) in [6.45, 7) is 0. The Labute approximate surface area is 346 Å². The number of benzene rings is 12. The Bertz CT molecular complexity index is 4650. The third-order valence-corrected chi connectivity index (χ3v) is 11.9. The van der Waals surface area contributed by atoms with E-state index < -0.39 is 12.1 Å². The maximum Gasteiger partial charge on any atom is 0.135 e. The van der Waals surface area contributed by atoms with Gasteiger partial charge in [-0.2, -0.15) is 0 Å². The van der Waals surface area contributed by atoms with Crippen LogP contribution in [-0.4, -0.2) is 0 Å². The first kappa shape index (κ1) is 22.2. The van der Waals surface area contributed by atoms with E-state index in [4.69, 9.17) is 8.83 Å². The van der Waals surface area contributed by atoms with Crippen molar-refractivity contribution in [1.82, 2.24) is 0 Å². The molecule has 0 atom stereocenters. The maximum atomic E-state index is 9.79. The second kappa shape index (κ2) is 11.0. The van der Waals surface area contributed by atoms with E-state index in [1.54, 1.807) is 0 Å². The number of rotatable bonds is 3. The van der Waals surface area contributed by atoms with Crippen molar-refractivity contribution < 1.29 is 23.9 Å². The Morgan fingerprint density at radius 1 is 0.276 bits per heavy atom. The van der Waals surface area contributed by atoms with Crippen LogP contribution < -0.4 is 0 Å². The first-order valence-electron chi connectivity index (χ1n) is 24.6. The lowest BCUT2D eigenvalue weighted by atomic mass is 9.89. The summed E-state index contributed by atoms with van der Waals surface area (Å²) < 4.78 is 116. The molecule has 0 saturated heterocycles. The Kier molecular flexibility index (Phi) is 4.20. The van der Waals surface area contributed by atoms with Gasteiger partial charge in [0, 0.05) is 21.5 Å². The number of hydrogen-bond donors (Lipinski definition) is 0. The molecular formula is C56H30O2. The lowest BCUT2D eigenvalue weighted by molar-refractivity contribution is 0.668. The predicted octanol–water partition coefficient (Wildman–Crippen LogP) is 16.3. The molecule has 2 heteroatoms. The Hall–Kier alpha value is -7.68. The van der Waals surface area contributed by atoms with Crippen LogP contribution in [0.1, 0.15) is 15.1 Å². The highest BCUT2D eigenvalue weighted by molar-refractivity contribution is 6.27. The van der Waals surface area contributed by atoms with Gasteiger partial charge in [0.05, 0.1) is 15.1 Å². The molecule has 0 aliphatic rings. The highest BCUT2D eigenvalue weighted by Crippen LogP contribution is 2.44. The molecule has 0 aliphatic heterocycles. The van der Waals surface area contributed by atoms with E-state index >= 15 is 0 Å². The van der Waals surface area contributed by atoms with Crippen molar-refractivity contribution in [3.8, 4) is 33.4 Å². The van der Waals surface area contributed by atoms with Crippen LogP contribution in [0.2, 0.25) is 0 Å². The average Bonchev–Trinajstić information content (AvgIpc) is 3.98. The minimum absolute atomic E-state index is 0.00659. The van der Waals surface area contributed by atoms with Gasteiger partial charge in [0.1, 0.15) is 22.3 Å². The van der Waals surface area contributed by atoms with E-state index in [0.717, 1.165) is 64.6 Å². The fourth-order valence-corrected chi connectivity index (χ4v) is 9.29. The standard InChI is InChI=1S/C56H30O2/c1-3-31-7-9-35-11-19-41(43-21-13-33(5-1)53(31)55(35)43)39-17-25-51-47(29-39)45-27-37(15-23-49(45)57-51)38-16-24-50-46(28-38)48-30-40(18-26-52(48)58-50)42-20-12-36-10-8-32-4-2-6-34-14-22-44(42)56(36)54(32)34/h1-30H/i15D,17D,18D,23D,24D,25D,26D,27D,28D,29D,30D. The number of furan rings is 2. The molecule has 0 N–H and O–H groups in total. The average molecular weight is 746 g/mol. The smallest absolute Gasteiger partial charge is 0.135 e. The van der Waals surface area contributed by atoms with Crippen LogP contribution in [0.25, 0.3) is 142 Å². The summed E-state index contributed by atoms with van der Waals surface area (Å²) in [4.78, 5) is 0. The van der Waals surface area contributed by atoms with Crippen molar-refractivity contribution in [3.63, 3.8) is 0 Å². The van der Waals surface area contributed by atoms with Crippen LogP contribution in [0.5, 0.6) is 0 Å². The summed E-state index contributed by atoms with van der Waals surface area (Å²) in [7, 11) is 0. The predicted molar refractivity (Wildman–Crippen MR) is 245 cm³/mol. The molecule has 2 aromatic heterocycles. The second-order valence-electron chi connectivity index (χ2n) is 15.0. The van der Waals surface area contributed by atoms with Gasteiger partial charge in [0.15, 0.2) is 0 Å². The molecule has 0 aliphatic carbocycles. The van der Waals surface area contributed by atoms with Gasteiger partial charge >= 0.3 is 0 Å². The molecule has 0 spiro atoms. The maximum absolute atomic E-state index is 9.79. The quantitative estimate of drug-likeness (QED) is 0.168. The summed E-state index contributed by atoms with van der Waals surface area (Å²) in [6, 6.07) is 33.5. The number of hydrogen-bond acceptors (Lipinski definition) is 2. The third kappa shape index (κ3) is 4.11. The Balaban J connectivity index is 1.03. The zero-order chi connectivity index (χ0) is 47.2. The summed E-state index contributed by atoms with van der Waals surface area (Å²) in [5.74, 6) is 0. The molecule has 0 saturated carbocycles. The topological polar surface area (TPSA) is 26.3 Å². The highest BCUT2D eigenvalue weighted by Gasteiger charge is 2.17. The normalized spacial score (nSPS) is 15.1. The molecule has 0 bridgehead atoms. The van der Waals surface area contributed by atoms with Crippen LogP contribution in [-0.2, 0) is 0 Å². The van der Waals surface area contributed by atoms with Gasteiger partial charge in [-0.1, -0.05) is 133 Å². The van der Waals surface area contributed by atoms with Crippen molar-refractivity contribution in [3.05, 3.63) is 182 Å². The van der Waals surface area contributed by atoms with Crippen LogP contribution in [0, 0.1) is 0 Å². The molecule has 58 heavy (non-hydrogen) atoms. The van der Waals surface area contributed by atoms with Gasteiger partial charge in [-0.25, -0.2) is 0 Å². The van der Waals surface area contributed by atoms with Crippen LogP contribution in [0.15, 0.2) is 191 Å². The molecule has 0 radical (unpaired) electrons. The summed E-state index contributed by atoms with van der Waals surface area (Å²) >= 11 is 0. The van der Waals surface area contributed by atoms with Gasteiger partial charge < -0.3 is 8.83 Å². The van der Waals surface area contributed by atoms with Gasteiger partial charge in [-0.05, 0) is 146 Å². The second-order valence-corrected chi connectivity index (χ2v) is 15.0. The molecule has 266 valence electrons. The minimum atomic E-state index is -0.502. The SMILES string of the molecule is [2H]c1c(-c2ccc3ccc4cccc5ccc2c3c45)c([2H])c2c(oc3c([2H])cc(-c4c([2H])c([2H])c5oc6c([2H])c([2H])c(-c7ccc8ccc9cccc%10ccc7c8c9%10)c([2H])c6c5c4[2H])c([2H])c32)c1[2H]. The zero-order valence-electron chi connectivity index (χ0n) is 41.3. The molecule has 0 amide bonds. The minimum Gasteiger partial charge on any atom is -0.456 e. The van der Waals surface area contributed by atoms with Gasteiger partial charge in [0.2, 0.25) is 0 Å². The molecule has 0 unspecified atom stereocenters. The van der Waals surface area contributed by atoms with Crippen molar-refractivity contribution in [1.29, 1.82) is 0 Å². The van der Waals surface area contributed by atoms with Crippen LogP contribution in [0.3, 0.4) is 0 Å². The van der Waals surface area contributed by atoms with Crippen LogP contribution >= 0.6 is 0 Å². The van der Waals surface area contributed by atoms with Gasteiger partial charge in [0.25, 0.3) is 0 Å². The molecule has 0 fully saturated rings. The molecule has 2 nitrogen and oxygen atoms in total. The lowest BCUT2D eigenvalue weighted by Crippen LogP contribution is -1.87. The monoisotopic (exact) mass is 745 g/mol. The fraction of sp³-hybridized carbons (Fsp3) is 0. The van der Waals surface area contributed by atoms with Crippen molar-refractivity contribution in [2.75, 3.05) is 0 Å². The van der Waals surface area contributed by atoms with E-state index in [9.17, 15) is 15.1 Å². The van der Waals surface area contributed by atoms with Gasteiger partial charge in [-0.3, -0.25) is 0 Å². The molecule has 14 aromatic rings. The lowest BCUT2D eigenvalue weighted by Gasteiger charge is -2.14. The van der Waals surface area contributed by atoms with E-state index in [2.05, 4.69) is 12.1 Å². The van der Waals surface area contributed by atoms with E-state index in [0.29, 0.717) is 11.1 Å². The Morgan fingerprint density at radius 3 is 1.12 bits per heavy atom. The van der Waals surface area contributed by atoms with Crippen molar-refractivity contribution >= 4 is 109 Å². The summed E-state index contributed by atoms with van der Waals surface area (Å²) in [6.07, 6.45) is 0. The van der Waals surface area contributed by atoms with Gasteiger partial charge in [-0.15, -0.1) is 0 Å². The fourth-order valence-electron chi connectivity index (χ4n) is 9.29. The van der Waals surface area contributed by atoms with Crippen molar-refractivity contribution in [2.45, 2.75) is 0 Å². The molecule has 12 aromatic carbocycles. The summed E-state index contributed by atoms with van der Waals surface area (Å²) in [5, 5.41) is 11.6. The molecular weight excluding hydrogens is 705 g/mol. The first-order chi connectivity index (χ1) is 33.3. The van der Waals surface area contributed by atoms with E-state index in [1.807, 2.05) is 97.1 Å². The van der Waals surface area contributed by atoms with Crippen molar-refractivity contribution in [2.24, 2.45) is 0 Å².